The zero-order valence-corrected chi connectivity index (χ0v) is 17.4. The summed E-state index contributed by atoms with van der Waals surface area (Å²) in [5.74, 6) is 0.492. The maximum atomic E-state index is 12.1. The average molecular weight is 419 g/mol. The quantitative estimate of drug-likeness (QED) is 0.664. The number of imide groups is 1. The van der Waals surface area contributed by atoms with Crippen LogP contribution in [-0.4, -0.2) is 56.1 Å². The van der Waals surface area contributed by atoms with Crippen LogP contribution in [0.1, 0.15) is 25.3 Å². The fourth-order valence-electron chi connectivity index (χ4n) is 2.70. The first kappa shape index (κ1) is 20.5. The number of carbonyl (C=O) groups is 3. The van der Waals surface area contributed by atoms with E-state index in [-0.39, 0.29) is 41.6 Å². The number of nitrogens with zero attached hydrogens (tertiary/aromatic N) is 3. The second-order valence-electron chi connectivity index (χ2n) is 6.56. The largest absolute Gasteiger partial charge is 0.354 e. The van der Waals surface area contributed by atoms with Gasteiger partial charge in [0.05, 0.1) is 11.5 Å². The van der Waals surface area contributed by atoms with Gasteiger partial charge in [0, 0.05) is 31.2 Å². The van der Waals surface area contributed by atoms with Crippen molar-refractivity contribution in [2.45, 2.75) is 24.9 Å². The van der Waals surface area contributed by atoms with Crippen molar-refractivity contribution in [3.05, 3.63) is 42.2 Å². The monoisotopic (exact) mass is 418 g/mol. The van der Waals surface area contributed by atoms with Crippen LogP contribution in [0.3, 0.4) is 0 Å². The van der Waals surface area contributed by atoms with Crippen molar-refractivity contribution in [3.63, 3.8) is 0 Å². The Bertz CT molecular complexity index is 848. The molecule has 1 saturated heterocycles. The second-order valence-corrected chi connectivity index (χ2v) is 8.43. The molecule has 1 fully saturated rings. The third-order valence-corrected chi connectivity index (χ3v) is 6.10. The van der Waals surface area contributed by atoms with E-state index in [0.29, 0.717) is 5.92 Å². The summed E-state index contributed by atoms with van der Waals surface area (Å²) in [4.78, 5) is 40.6. The van der Waals surface area contributed by atoms with Gasteiger partial charge in [0.1, 0.15) is 0 Å². The van der Waals surface area contributed by atoms with E-state index >= 15 is 0 Å². The van der Waals surface area contributed by atoms with Crippen LogP contribution < -0.4 is 5.32 Å². The van der Waals surface area contributed by atoms with E-state index in [1.54, 1.807) is 6.20 Å². The average Bonchev–Trinajstić information content (AvgIpc) is 3.28. The molecular weight excluding hydrogens is 396 g/mol. The van der Waals surface area contributed by atoms with E-state index in [1.807, 2.05) is 22.9 Å². The standard InChI is InChI=1S/C19H22N4O3S2/c1-13(2)14-3-5-15(6-4-14)22-9-8-21-18(22)27-11-16(24)20-7-10-23-17(25)12-28-19(23)26/h3-6,8-9,13H,7,10-12H2,1-2H3,(H,20,24). The maximum Gasteiger partial charge on any atom is 0.288 e. The normalized spacial score (nSPS) is 14.2. The van der Waals surface area contributed by atoms with Gasteiger partial charge in [0.15, 0.2) is 5.16 Å². The second kappa shape index (κ2) is 9.29. The summed E-state index contributed by atoms with van der Waals surface area (Å²) in [5.41, 5.74) is 2.26. The summed E-state index contributed by atoms with van der Waals surface area (Å²) in [6.45, 7) is 4.77. The number of benzene rings is 1. The number of imidazole rings is 1. The van der Waals surface area contributed by atoms with E-state index < -0.39 is 0 Å². The van der Waals surface area contributed by atoms with Crippen LogP contribution in [0.15, 0.2) is 41.8 Å². The predicted octanol–water partition coefficient (Wildman–Crippen LogP) is 2.90. The van der Waals surface area contributed by atoms with Crippen LogP contribution in [-0.2, 0) is 9.59 Å². The number of amides is 3. The molecule has 0 atom stereocenters. The van der Waals surface area contributed by atoms with Crippen LogP contribution in [0, 0.1) is 0 Å². The van der Waals surface area contributed by atoms with Gasteiger partial charge in [-0.25, -0.2) is 4.98 Å². The van der Waals surface area contributed by atoms with Crippen LogP contribution >= 0.6 is 23.5 Å². The zero-order chi connectivity index (χ0) is 20.1. The Labute approximate surface area is 172 Å². The summed E-state index contributed by atoms with van der Waals surface area (Å²) in [7, 11) is 0. The summed E-state index contributed by atoms with van der Waals surface area (Å²) >= 11 is 2.33. The van der Waals surface area contributed by atoms with Gasteiger partial charge in [-0.3, -0.25) is 23.9 Å². The Morgan fingerprint density at radius 3 is 2.68 bits per heavy atom. The highest BCUT2D eigenvalue weighted by atomic mass is 32.2. The smallest absolute Gasteiger partial charge is 0.288 e. The highest BCUT2D eigenvalue weighted by Crippen LogP contribution is 2.22. The van der Waals surface area contributed by atoms with Crippen molar-refractivity contribution in [3.8, 4) is 5.69 Å². The van der Waals surface area contributed by atoms with E-state index in [2.05, 4.69) is 36.3 Å². The summed E-state index contributed by atoms with van der Waals surface area (Å²) in [6.07, 6.45) is 3.58. The lowest BCUT2D eigenvalue weighted by atomic mass is 10.0. The van der Waals surface area contributed by atoms with Crippen molar-refractivity contribution >= 4 is 40.6 Å². The molecule has 28 heavy (non-hydrogen) atoms. The predicted molar refractivity (Wildman–Crippen MR) is 111 cm³/mol. The molecule has 148 valence electrons. The van der Waals surface area contributed by atoms with E-state index in [4.69, 9.17) is 0 Å². The van der Waals surface area contributed by atoms with Crippen LogP contribution in [0.5, 0.6) is 0 Å². The molecule has 1 aliphatic rings. The number of aromatic nitrogens is 2. The Morgan fingerprint density at radius 1 is 1.29 bits per heavy atom. The number of rotatable bonds is 8. The van der Waals surface area contributed by atoms with Crippen molar-refractivity contribution in [2.75, 3.05) is 24.6 Å². The van der Waals surface area contributed by atoms with E-state index in [1.165, 1.54) is 22.2 Å². The maximum absolute atomic E-state index is 12.1. The Balaban J connectivity index is 1.50. The molecule has 1 aromatic heterocycles. The molecule has 0 unspecified atom stereocenters. The molecule has 2 aromatic rings. The first-order valence-corrected chi connectivity index (χ1v) is 10.9. The topological polar surface area (TPSA) is 84.3 Å². The van der Waals surface area contributed by atoms with Crippen LogP contribution in [0.25, 0.3) is 5.69 Å². The molecule has 0 saturated carbocycles. The molecule has 1 aromatic carbocycles. The Hall–Kier alpha value is -2.26. The van der Waals surface area contributed by atoms with E-state index in [9.17, 15) is 14.4 Å². The van der Waals surface area contributed by atoms with Gasteiger partial charge in [0.2, 0.25) is 11.8 Å². The summed E-state index contributed by atoms with van der Waals surface area (Å²) in [6, 6.07) is 8.28. The van der Waals surface area contributed by atoms with E-state index in [0.717, 1.165) is 22.6 Å². The molecule has 0 bridgehead atoms. The third-order valence-electron chi connectivity index (χ3n) is 4.28. The first-order chi connectivity index (χ1) is 13.5. The number of nitrogens with one attached hydrogen (secondary N) is 1. The number of thioether (sulfide) groups is 2. The van der Waals surface area contributed by atoms with Gasteiger partial charge < -0.3 is 5.32 Å². The molecule has 9 heteroatoms. The summed E-state index contributed by atoms with van der Waals surface area (Å²) < 4.78 is 1.95. The van der Waals surface area contributed by atoms with Crippen molar-refractivity contribution in [1.29, 1.82) is 0 Å². The minimum atomic E-state index is -0.251. The highest BCUT2D eigenvalue weighted by Gasteiger charge is 2.29. The third kappa shape index (κ3) is 4.96. The Kier molecular flexibility index (Phi) is 6.79. The van der Waals surface area contributed by atoms with Gasteiger partial charge in [-0.1, -0.05) is 49.5 Å². The highest BCUT2D eigenvalue weighted by molar-refractivity contribution is 8.14. The molecule has 3 amide bonds. The number of hydrogen-bond donors (Lipinski definition) is 1. The molecule has 7 nitrogen and oxygen atoms in total. The fourth-order valence-corrected chi connectivity index (χ4v) is 4.25. The molecule has 0 radical (unpaired) electrons. The molecule has 2 heterocycles. The van der Waals surface area contributed by atoms with Crippen LogP contribution in [0.2, 0.25) is 0 Å². The summed E-state index contributed by atoms with van der Waals surface area (Å²) in [5, 5.41) is 3.22. The minimum Gasteiger partial charge on any atom is -0.354 e. The van der Waals surface area contributed by atoms with Gasteiger partial charge in [-0.2, -0.15) is 0 Å². The van der Waals surface area contributed by atoms with Crippen molar-refractivity contribution < 1.29 is 14.4 Å². The van der Waals surface area contributed by atoms with Gasteiger partial charge in [0.25, 0.3) is 5.24 Å². The lowest BCUT2D eigenvalue weighted by molar-refractivity contribution is -0.125. The van der Waals surface area contributed by atoms with Gasteiger partial charge in [-0.05, 0) is 23.6 Å². The lowest BCUT2D eigenvalue weighted by Crippen LogP contribution is -2.38. The van der Waals surface area contributed by atoms with Crippen molar-refractivity contribution in [2.24, 2.45) is 0 Å². The minimum absolute atomic E-state index is 0.165. The number of carbonyl (C=O) groups excluding carboxylic acids is 3. The molecule has 0 spiro atoms. The van der Waals surface area contributed by atoms with Crippen molar-refractivity contribution in [1.82, 2.24) is 19.8 Å². The molecule has 1 N–H and O–H groups in total. The van der Waals surface area contributed by atoms with Gasteiger partial charge in [-0.15, -0.1) is 0 Å². The SMILES string of the molecule is CC(C)c1ccc(-n2ccnc2SCC(=O)NCCN2C(=O)CSC2=O)cc1. The molecule has 3 rings (SSSR count). The number of hydrogen-bond acceptors (Lipinski definition) is 6. The van der Waals surface area contributed by atoms with Gasteiger partial charge >= 0.3 is 0 Å². The molecule has 0 aliphatic carbocycles. The zero-order valence-electron chi connectivity index (χ0n) is 15.8. The fraction of sp³-hybridized carbons (Fsp3) is 0.368. The Morgan fingerprint density at radius 2 is 2.04 bits per heavy atom. The van der Waals surface area contributed by atoms with Crippen LogP contribution in [0.4, 0.5) is 4.79 Å². The first-order valence-electron chi connectivity index (χ1n) is 8.96. The molecule has 1 aliphatic heterocycles. The molecular formula is C19H22N4O3S2. The lowest BCUT2D eigenvalue weighted by Gasteiger charge is -2.13.